The molecule has 2 aromatic rings. The number of alkyl carbamates (subject to hydrolysis) is 1. The standard InChI is InChI=1S/C20H20N2O4/c23-18-11-10-17(19(24)22-18)16-8-6-14(7-9-16)12-21-20(25)26-13-15-4-2-1-3-5-15/h1-9,17H,10-13H2,(H,21,25)(H,22,23,24). The zero-order valence-electron chi connectivity index (χ0n) is 14.2. The van der Waals surface area contributed by atoms with Crippen LogP contribution in [0.3, 0.4) is 0 Å². The lowest BCUT2D eigenvalue weighted by atomic mass is 9.90. The SMILES string of the molecule is O=C1CCC(c2ccc(CNC(=O)OCc3ccccc3)cc2)C(=O)N1. The molecule has 2 aromatic carbocycles. The summed E-state index contributed by atoms with van der Waals surface area (Å²) in [6.07, 6.45) is 0.393. The molecule has 6 heteroatoms. The molecule has 0 aromatic heterocycles. The Morgan fingerprint density at radius 3 is 2.46 bits per heavy atom. The molecule has 3 rings (SSSR count). The molecular weight excluding hydrogens is 332 g/mol. The zero-order chi connectivity index (χ0) is 18.4. The summed E-state index contributed by atoms with van der Waals surface area (Å²) >= 11 is 0. The Morgan fingerprint density at radius 1 is 1.04 bits per heavy atom. The van der Waals surface area contributed by atoms with Crippen LogP contribution in [0.2, 0.25) is 0 Å². The van der Waals surface area contributed by atoms with Crippen molar-refractivity contribution in [1.82, 2.24) is 10.6 Å². The van der Waals surface area contributed by atoms with Crippen molar-refractivity contribution >= 4 is 17.9 Å². The van der Waals surface area contributed by atoms with Crippen molar-refractivity contribution in [3.05, 3.63) is 71.3 Å². The molecule has 0 radical (unpaired) electrons. The summed E-state index contributed by atoms with van der Waals surface area (Å²) in [5.41, 5.74) is 2.69. The molecule has 1 atom stereocenters. The number of benzene rings is 2. The maximum atomic E-state index is 11.9. The van der Waals surface area contributed by atoms with Gasteiger partial charge in [0.25, 0.3) is 0 Å². The van der Waals surface area contributed by atoms with Gasteiger partial charge >= 0.3 is 6.09 Å². The molecule has 1 unspecified atom stereocenters. The maximum Gasteiger partial charge on any atom is 0.407 e. The first-order chi connectivity index (χ1) is 12.6. The van der Waals surface area contributed by atoms with Crippen molar-refractivity contribution < 1.29 is 19.1 Å². The molecule has 1 fully saturated rings. The number of rotatable bonds is 5. The van der Waals surface area contributed by atoms with Crippen LogP contribution in [0.4, 0.5) is 4.79 Å². The van der Waals surface area contributed by atoms with E-state index in [0.717, 1.165) is 16.7 Å². The largest absolute Gasteiger partial charge is 0.445 e. The number of hydrogen-bond acceptors (Lipinski definition) is 4. The molecule has 1 saturated heterocycles. The number of nitrogens with one attached hydrogen (secondary N) is 2. The van der Waals surface area contributed by atoms with Crippen LogP contribution in [0, 0.1) is 0 Å². The van der Waals surface area contributed by atoms with E-state index < -0.39 is 6.09 Å². The molecule has 6 nitrogen and oxygen atoms in total. The van der Waals surface area contributed by atoms with Crippen LogP contribution < -0.4 is 10.6 Å². The predicted octanol–water partition coefficient (Wildman–Crippen LogP) is 2.63. The Morgan fingerprint density at radius 2 is 1.77 bits per heavy atom. The second kappa shape index (κ2) is 8.29. The van der Waals surface area contributed by atoms with Crippen molar-refractivity contribution in [3.8, 4) is 0 Å². The lowest BCUT2D eigenvalue weighted by molar-refractivity contribution is -0.134. The van der Waals surface area contributed by atoms with Crippen LogP contribution in [-0.2, 0) is 27.5 Å². The summed E-state index contributed by atoms with van der Waals surface area (Å²) in [6.45, 7) is 0.560. The van der Waals surface area contributed by atoms with E-state index in [2.05, 4.69) is 10.6 Å². The molecule has 0 bridgehead atoms. The van der Waals surface area contributed by atoms with E-state index >= 15 is 0 Å². The van der Waals surface area contributed by atoms with E-state index in [4.69, 9.17) is 4.74 Å². The summed E-state index contributed by atoms with van der Waals surface area (Å²) in [5, 5.41) is 5.06. The third kappa shape index (κ3) is 4.69. The minimum absolute atomic E-state index is 0.221. The topological polar surface area (TPSA) is 84.5 Å². The van der Waals surface area contributed by atoms with Gasteiger partial charge in [0, 0.05) is 13.0 Å². The first-order valence-corrected chi connectivity index (χ1v) is 8.49. The average molecular weight is 352 g/mol. The van der Waals surface area contributed by atoms with Gasteiger partial charge in [0.05, 0.1) is 5.92 Å². The van der Waals surface area contributed by atoms with Crippen molar-refractivity contribution in [3.63, 3.8) is 0 Å². The molecule has 2 N–H and O–H groups in total. The molecule has 1 aliphatic rings. The molecule has 0 aliphatic carbocycles. The van der Waals surface area contributed by atoms with Crippen molar-refractivity contribution in [2.24, 2.45) is 0 Å². The van der Waals surface area contributed by atoms with Gasteiger partial charge in [-0.25, -0.2) is 4.79 Å². The van der Waals surface area contributed by atoms with Crippen molar-refractivity contribution in [2.45, 2.75) is 31.9 Å². The van der Waals surface area contributed by atoms with Crippen LogP contribution in [0.5, 0.6) is 0 Å². The number of ether oxygens (including phenoxy) is 1. The van der Waals surface area contributed by atoms with Gasteiger partial charge in [-0.15, -0.1) is 0 Å². The highest BCUT2D eigenvalue weighted by molar-refractivity contribution is 6.00. The average Bonchev–Trinajstić information content (AvgIpc) is 2.66. The molecular formula is C20H20N2O4. The molecule has 1 aliphatic heterocycles. The second-order valence-electron chi connectivity index (χ2n) is 6.16. The van der Waals surface area contributed by atoms with E-state index in [9.17, 15) is 14.4 Å². The Balaban J connectivity index is 1.47. The highest BCUT2D eigenvalue weighted by Gasteiger charge is 2.27. The third-order valence-electron chi connectivity index (χ3n) is 4.27. The first-order valence-electron chi connectivity index (χ1n) is 8.49. The van der Waals surface area contributed by atoms with E-state index in [1.165, 1.54) is 0 Å². The Hall–Kier alpha value is -3.15. The van der Waals surface area contributed by atoms with Gasteiger partial charge in [-0.05, 0) is 23.1 Å². The van der Waals surface area contributed by atoms with Gasteiger partial charge in [-0.2, -0.15) is 0 Å². The highest BCUT2D eigenvalue weighted by Crippen LogP contribution is 2.24. The zero-order valence-corrected chi connectivity index (χ0v) is 14.2. The number of amides is 3. The summed E-state index contributed by atoms with van der Waals surface area (Å²) in [7, 11) is 0. The molecule has 0 saturated carbocycles. The Bertz CT molecular complexity index is 787. The number of hydrogen-bond donors (Lipinski definition) is 2. The first kappa shape index (κ1) is 17.7. The monoisotopic (exact) mass is 352 g/mol. The molecule has 3 amide bonds. The number of piperidine rings is 1. The van der Waals surface area contributed by atoms with Gasteiger partial charge in [-0.1, -0.05) is 54.6 Å². The van der Waals surface area contributed by atoms with Crippen molar-refractivity contribution in [2.75, 3.05) is 0 Å². The highest BCUT2D eigenvalue weighted by atomic mass is 16.5. The van der Waals surface area contributed by atoms with E-state index in [-0.39, 0.29) is 24.3 Å². The van der Waals surface area contributed by atoms with E-state index in [1.807, 2.05) is 54.6 Å². The molecule has 0 spiro atoms. The summed E-state index contributed by atoms with van der Waals surface area (Å²) < 4.78 is 5.16. The van der Waals surface area contributed by atoms with Crippen LogP contribution in [0.25, 0.3) is 0 Å². The molecule has 26 heavy (non-hydrogen) atoms. The second-order valence-corrected chi connectivity index (χ2v) is 6.16. The summed E-state index contributed by atoms with van der Waals surface area (Å²) in [5.74, 6) is -0.775. The van der Waals surface area contributed by atoms with Gasteiger partial charge in [-0.3, -0.25) is 14.9 Å². The lowest BCUT2D eigenvalue weighted by Crippen LogP contribution is -2.39. The summed E-state index contributed by atoms with van der Waals surface area (Å²) in [4.78, 5) is 34.9. The number of carbonyl (C=O) groups is 3. The minimum atomic E-state index is -0.483. The van der Waals surface area contributed by atoms with Crippen LogP contribution in [0.15, 0.2) is 54.6 Å². The smallest absolute Gasteiger partial charge is 0.407 e. The molecule has 1 heterocycles. The maximum absolute atomic E-state index is 11.9. The third-order valence-corrected chi connectivity index (χ3v) is 4.27. The fourth-order valence-corrected chi connectivity index (χ4v) is 2.83. The summed E-state index contributed by atoms with van der Waals surface area (Å²) in [6, 6.07) is 16.9. The Kier molecular flexibility index (Phi) is 5.63. The van der Waals surface area contributed by atoms with Gasteiger partial charge < -0.3 is 10.1 Å². The predicted molar refractivity (Wildman–Crippen MR) is 95.0 cm³/mol. The molecule has 134 valence electrons. The van der Waals surface area contributed by atoms with Crippen LogP contribution in [-0.4, -0.2) is 17.9 Å². The lowest BCUT2D eigenvalue weighted by Gasteiger charge is -2.21. The fraction of sp³-hybridized carbons (Fsp3) is 0.250. The Labute approximate surface area is 151 Å². The van der Waals surface area contributed by atoms with Gasteiger partial charge in [0.2, 0.25) is 11.8 Å². The van der Waals surface area contributed by atoms with Crippen molar-refractivity contribution in [1.29, 1.82) is 0 Å². The normalized spacial score (nSPS) is 16.7. The van der Waals surface area contributed by atoms with E-state index in [0.29, 0.717) is 19.4 Å². The van der Waals surface area contributed by atoms with Gasteiger partial charge in [0.15, 0.2) is 0 Å². The van der Waals surface area contributed by atoms with E-state index in [1.54, 1.807) is 0 Å². The quantitative estimate of drug-likeness (QED) is 0.810. The number of imide groups is 1. The van der Waals surface area contributed by atoms with Gasteiger partial charge in [0.1, 0.15) is 6.61 Å². The van der Waals surface area contributed by atoms with Crippen LogP contribution in [0.1, 0.15) is 35.4 Å². The van der Waals surface area contributed by atoms with Crippen LogP contribution >= 0.6 is 0 Å². The minimum Gasteiger partial charge on any atom is -0.445 e. The fourth-order valence-electron chi connectivity index (χ4n) is 2.83. The number of carbonyl (C=O) groups excluding carboxylic acids is 3.